The lowest BCUT2D eigenvalue weighted by atomic mass is 9.89. The van der Waals surface area contributed by atoms with Crippen LogP contribution in [0.15, 0.2) is 23.3 Å². The second kappa shape index (κ2) is 10.5. The number of aliphatic imine (C=N–C) groups is 1. The summed E-state index contributed by atoms with van der Waals surface area (Å²) in [5.41, 5.74) is 1.09. The van der Waals surface area contributed by atoms with Gasteiger partial charge in [0.1, 0.15) is 6.10 Å². The summed E-state index contributed by atoms with van der Waals surface area (Å²) in [5.74, 6) is 2.56. The summed E-state index contributed by atoms with van der Waals surface area (Å²) in [7, 11) is 0. The number of piperazine rings is 1. The minimum Gasteiger partial charge on any atom is -0.474 e. The molecule has 1 N–H and O–H groups in total. The Labute approximate surface area is 174 Å². The molecule has 3 rings (SSSR count). The molecule has 160 valence electrons. The Kier molecular flexibility index (Phi) is 7.72. The van der Waals surface area contributed by atoms with E-state index in [2.05, 4.69) is 29.0 Å². The van der Waals surface area contributed by atoms with Crippen LogP contribution in [-0.2, 0) is 11.3 Å². The van der Waals surface area contributed by atoms with Gasteiger partial charge in [-0.2, -0.15) is 0 Å². The Morgan fingerprint density at radius 3 is 2.55 bits per heavy atom. The normalized spacial score (nSPS) is 23.1. The van der Waals surface area contributed by atoms with Gasteiger partial charge in [-0.25, -0.2) is 9.98 Å². The van der Waals surface area contributed by atoms with Crippen molar-refractivity contribution in [3.8, 4) is 5.88 Å². The number of carbonyl (C=O) groups excluding carboxylic acids is 1. The summed E-state index contributed by atoms with van der Waals surface area (Å²) < 4.78 is 6.13. The van der Waals surface area contributed by atoms with E-state index in [0.717, 1.165) is 63.0 Å². The van der Waals surface area contributed by atoms with Gasteiger partial charge in [-0.05, 0) is 50.2 Å². The summed E-state index contributed by atoms with van der Waals surface area (Å²) in [5, 5.41) is 3.38. The molecule has 7 nitrogen and oxygen atoms in total. The predicted molar refractivity (Wildman–Crippen MR) is 115 cm³/mol. The predicted octanol–water partition coefficient (Wildman–Crippen LogP) is 2.67. The molecule has 1 saturated heterocycles. The van der Waals surface area contributed by atoms with Crippen LogP contribution in [-0.4, -0.2) is 65.5 Å². The highest BCUT2D eigenvalue weighted by Crippen LogP contribution is 2.26. The quantitative estimate of drug-likeness (QED) is 0.607. The van der Waals surface area contributed by atoms with E-state index in [1.165, 1.54) is 12.8 Å². The average Bonchev–Trinajstić information content (AvgIpc) is 2.73. The third-order valence-corrected chi connectivity index (χ3v) is 5.82. The smallest absolute Gasteiger partial charge is 0.219 e. The molecule has 0 radical (unpaired) electrons. The molecule has 1 aliphatic carbocycles. The molecular weight excluding hydrogens is 366 g/mol. The van der Waals surface area contributed by atoms with Gasteiger partial charge in [0.15, 0.2) is 5.96 Å². The van der Waals surface area contributed by atoms with E-state index in [4.69, 9.17) is 9.73 Å². The maximum Gasteiger partial charge on any atom is 0.219 e. The number of guanidine groups is 1. The van der Waals surface area contributed by atoms with Crippen molar-refractivity contribution in [2.75, 3.05) is 32.7 Å². The van der Waals surface area contributed by atoms with Crippen molar-refractivity contribution in [2.24, 2.45) is 10.9 Å². The molecule has 2 fully saturated rings. The van der Waals surface area contributed by atoms with Crippen LogP contribution in [0.2, 0.25) is 0 Å². The zero-order valence-corrected chi connectivity index (χ0v) is 18.1. The third kappa shape index (κ3) is 6.34. The first kappa shape index (κ1) is 21.4. The lowest BCUT2D eigenvalue weighted by Crippen LogP contribution is -2.53. The average molecular weight is 402 g/mol. The third-order valence-electron chi connectivity index (χ3n) is 5.82. The second-order valence-corrected chi connectivity index (χ2v) is 8.17. The van der Waals surface area contributed by atoms with Gasteiger partial charge in [0.25, 0.3) is 0 Å². The summed E-state index contributed by atoms with van der Waals surface area (Å²) in [6.07, 6.45) is 6.79. The van der Waals surface area contributed by atoms with Gasteiger partial charge in [0.05, 0.1) is 6.54 Å². The number of ether oxygens (including phenoxy) is 1. The van der Waals surface area contributed by atoms with E-state index in [-0.39, 0.29) is 12.0 Å². The van der Waals surface area contributed by atoms with Gasteiger partial charge in [-0.15, -0.1) is 0 Å². The minimum absolute atomic E-state index is 0.142. The van der Waals surface area contributed by atoms with Crippen LogP contribution in [0.4, 0.5) is 0 Å². The lowest BCUT2D eigenvalue weighted by Gasteiger charge is -2.36. The second-order valence-electron chi connectivity index (χ2n) is 8.17. The fraction of sp³-hybridized carbons (Fsp3) is 0.682. The van der Waals surface area contributed by atoms with Crippen LogP contribution in [0.3, 0.4) is 0 Å². The first-order valence-electron chi connectivity index (χ1n) is 11.0. The highest BCUT2D eigenvalue weighted by molar-refractivity contribution is 5.80. The molecule has 0 atom stereocenters. The van der Waals surface area contributed by atoms with Crippen molar-refractivity contribution >= 4 is 11.9 Å². The van der Waals surface area contributed by atoms with E-state index in [1.54, 1.807) is 6.92 Å². The van der Waals surface area contributed by atoms with Crippen LogP contribution in [0.5, 0.6) is 5.88 Å². The molecule has 1 amide bonds. The number of nitrogens with one attached hydrogen (secondary N) is 1. The van der Waals surface area contributed by atoms with Gasteiger partial charge < -0.3 is 19.9 Å². The summed E-state index contributed by atoms with van der Waals surface area (Å²) >= 11 is 0. The monoisotopic (exact) mass is 401 g/mol. The summed E-state index contributed by atoms with van der Waals surface area (Å²) in [6, 6.07) is 4.01. The van der Waals surface area contributed by atoms with Crippen LogP contribution < -0.4 is 10.1 Å². The highest BCUT2D eigenvalue weighted by atomic mass is 16.5. The molecule has 2 heterocycles. The maximum atomic E-state index is 11.5. The fourth-order valence-corrected chi connectivity index (χ4v) is 3.96. The number of pyridine rings is 1. The van der Waals surface area contributed by atoms with Gasteiger partial charge in [-0.3, -0.25) is 4.79 Å². The van der Waals surface area contributed by atoms with Crippen LogP contribution >= 0.6 is 0 Å². The standard InChI is InChI=1S/C22H35N5O2/c1-4-23-22(27-13-11-26(12-14-27)18(3)28)25-16-19-9-10-24-21(15-19)29-20-7-5-17(2)6-8-20/h9-10,15,17,20H,4-8,11-14,16H2,1-3H3,(H,23,25). The molecule has 0 bridgehead atoms. The molecule has 7 heteroatoms. The first-order chi connectivity index (χ1) is 14.0. The van der Waals surface area contributed by atoms with E-state index in [1.807, 2.05) is 23.2 Å². The van der Waals surface area contributed by atoms with Gasteiger partial charge in [0.2, 0.25) is 11.8 Å². The number of rotatable bonds is 5. The zero-order chi connectivity index (χ0) is 20.6. The Balaban J connectivity index is 1.58. The molecule has 0 aromatic carbocycles. The summed E-state index contributed by atoms with van der Waals surface area (Å²) in [4.78, 5) is 24.9. The van der Waals surface area contributed by atoms with Gasteiger partial charge in [-0.1, -0.05) is 6.92 Å². The molecule has 0 unspecified atom stereocenters. The fourth-order valence-electron chi connectivity index (χ4n) is 3.96. The van der Waals surface area contributed by atoms with Crippen molar-refractivity contribution < 1.29 is 9.53 Å². The number of carbonyl (C=O) groups is 1. The Morgan fingerprint density at radius 1 is 1.21 bits per heavy atom. The van der Waals surface area contributed by atoms with Crippen molar-refractivity contribution in [3.63, 3.8) is 0 Å². The Bertz CT molecular complexity index is 692. The number of amides is 1. The van der Waals surface area contributed by atoms with E-state index in [0.29, 0.717) is 12.4 Å². The first-order valence-corrected chi connectivity index (χ1v) is 11.0. The Hall–Kier alpha value is -2.31. The van der Waals surface area contributed by atoms with E-state index >= 15 is 0 Å². The van der Waals surface area contributed by atoms with Crippen LogP contribution in [0.1, 0.15) is 52.0 Å². The van der Waals surface area contributed by atoms with E-state index in [9.17, 15) is 4.79 Å². The lowest BCUT2D eigenvalue weighted by molar-refractivity contribution is -0.130. The molecule has 2 aliphatic rings. The molecule has 29 heavy (non-hydrogen) atoms. The SMILES string of the molecule is CCNC(=NCc1ccnc(OC2CCC(C)CC2)c1)N1CCN(C(C)=O)CC1. The van der Waals surface area contributed by atoms with Crippen molar-refractivity contribution in [1.29, 1.82) is 0 Å². The maximum absolute atomic E-state index is 11.5. The number of aromatic nitrogens is 1. The molecule has 1 aromatic heterocycles. The van der Waals surface area contributed by atoms with Crippen molar-refractivity contribution in [3.05, 3.63) is 23.9 Å². The number of hydrogen-bond acceptors (Lipinski definition) is 4. The molecular formula is C22H35N5O2. The number of hydrogen-bond donors (Lipinski definition) is 1. The molecule has 1 saturated carbocycles. The van der Waals surface area contributed by atoms with Gasteiger partial charge in [0, 0.05) is 51.9 Å². The topological polar surface area (TPSA) is 70.1 Å². The van der Waals surface area contributed by atoms with Crippen molar-refractivity contribution in [2.45, 2.75) is 59.1 Å². The van der Waals surface area contributed by atoms with Crippen LogP contribution in [0, 0.1) is 5.92 Å². The highest BCUT2D eigenvalue weighted by Gasteiger charge is 2.21. The largest absolute Gasteiger partial charge is 0.474 e. The Morgan fingerprint density at radius 2 is 1.90 bits per heavy atom. The summed E-state index contributed by atoms with van der Waals surface area (Å²) in [6.45, 7) is 10.5. The van der Waals surface area contributed by atoms with E-state index < -0.39 is 0 Å². The molecule has 1 aromatic rings. The zero-order valence-electron chi connectivity index (χ0n) is 18.1. The number of nitrogens with zero attached hydrogens (tertiary/aromatic N) is 4. The molecule has 0 spiro atoms. The van der Waals surface area contributed by atoms with Crippen LogP contribution in [0.25, 0.3) is 0 Å². The minimum atomic E-state index is 0.142. The van der Waals surface area contributed by atoms with Gasteiger partial charge >= 0.3 is 0 Å². The molecule has 1 aliphatic heterocycles. The van der Waals surface area contributed by atoms with Crippen molar-refractivity contribution in [1.82, 2.24) is 20.1 Å².